The van der Waals surface area contributed by atoms with Crippen LogP contribution in [0.15, 0.2) is 48.5 Å². The third kappa shape index (κ3) is 4.06. The standard InChI is InChI=1S/C18H18N2O2/c1-12-3-4-14(11-17(12)19)5-10-18(22)20-16-8-6-15(7-9-16)13(2)21/h3-11H,19H2,1-2H3,(H,20,22)/b10-5+. The van der Waals surface area contributed by atoms with Gasteiger partial charge in [-0.05, 0) is 61.4 Å². The lowest BCUT2D eigenvalue weighted by atomic mass is 10.1. The van der Waals surface area contributed by atoms with Crippen molar-refractivity contribution in [1.29, 1.82) is 0 Å². The predicted molar refractivity (Wildman–Crippen MR) is 89.7 cm³/mol. The van der Waals surface area contributed by atoms with E-state index in [-0.39, 0.29) is 11.7 Å². The highest BCUT2D eigenvalue weighted by Gasteiger charge is 2.01. The van der Waals surface area contributed by atoms with Gasteiger partial charge in [-0.3, -0.25) is 9.59 Å². The molecular formula is C18H18N2O2. The molecule has 4 nitrogen and oxygen atoms in total. The number of nitrogens with two attached hydrogens (primary N) is 1. The first kappa shape index (κ1) is 15.5. The Kier molecular flexibility index (Phi) is 4.73. The molecule has 0 aromatic heterocycles. The average Bonchev–Trinajstić information content (AvgIpc) is 2.49. The minimum Gasteiger partial charge on any atom is -0.398 e. The van der Waals surface area contributed by atoms with Crippen LogP contribution in [0.1, 0.15) is 28.4 Å². The van der Waals surface area contributed by atoms with E-state index in [1.807, 2.05) is 25.1 Å². The number of rotatable bonds is 4. The molecule has 0 aliphatic rings. The highest BCUT2D eigenvalue weighted by molar-refractivity contribution is 6.02. The van der Waals surface area contributed by atoms with Gasteiger partial charge in [-0.15, -0.1) is 0 Å². The summed E-state index contributed by atoms with van der Waals surface area (Å²) in [5.74, 6) is -0.246. The third-order valence-corrected chi connectivity index (χ3v) is 3.29. The molecule has 0 radical (unpaired) electrons. The number of carbonyl (C=O) groups is 2. The van der Waals surface area contributed by atoms with Crippen molar-refractivity contribution in [3.63, 3.8) is 0 Å². The molecule has 1 amide bonds. The molecule has 2 aromatic carbocycles. The number of ketones is 1. The van der Waals surface area contributed by atoms with E-state index in [1.54, 1.807) is 30.3 Å². The Balaban J connectivity index is 2.01. The van der Waals surface area contributed by atoms with Gasteiger partial charge in [0.2, 0.25) is 5.91 Å². The molecule has 0 spiro atoms. The summed E-state index contributed by atoms with van der Waals surface area (Å²) in [6, 6.07) is 12.4. The highest BCUT2D eigenvalue weighted by Crippen LogP contribution is 2.14. The number of anilines is 2. The number of nitrogens with one attached hydrogen (secondary N) is 1. The zero-order valence-electron chi connectivity index (χ0n) is 12.6. The number of nitrogen functional groups attached to an aromatic ring is 1. The minimum absolute atomic E-state index is 0.00488. The molecule has 0 aliphatic heterocycles. The molecule has 112 valence electrons. The summed E-state index contributed by atoms with van der Waals surface area (Å²) in [5.41, 5.74) is 9.65. The van der Waals surface area contributed by atoms with E-state index in [2.05, 4.69) is 5.32 Å². The van der Waals surface area contributed by atoms with Gasteiger partial charge < -0.3 is 11.1 Å². The van der Waals surface area contributed by atoms with Gasteiger partial charge in [0.1, 0.15) is 0 Å². The molecule has 0 atom stereocenters. The first-order valence-electron chi connectivity index (χ1n) is 6.92. The van der Waals surface area contributed by atoms with Crippen LogP contribution >= 0.6 is 0 Å². The van der Waals surface area contributed by atoms with Gasteiger partial charge in [0.15, 0.2) is 5.78 Å². The quantitative estimate of drug-likeness (QED) is 0.515. The highest BCUT2D eigenvalue weighted by atomic mass is 16.1. The fourth-order valence-electron chi connectivity index (χ4n) is 1.91. The van der Waals surface area contributed by atoms with E-state index in [0.29, 0.717) is 16.9 Å². The molecular weight excluding hydrogens is 276 g/mol. The normalized spacial score (nSPS) is 10.6. The predicted octanol–water partition coefficient (Wildman–Crippen LogP) is 3.43. The van der Waals surface area contributed by atoms with Gasteiger partial charge in [0.05, 0.1) is 0 Å². The van der Waals surface area contributed by atoms with Crippen LogP contribution in [-0.4, -0.2) is 11.7 Å². The Labute approximate surface area is 129 Å². The van der Waals surface area contributed by atoms with Crippen molar-refractivity contribution >= 4 is 29.1 Å². The van der Waals surface area contributed by atoms with Crippen LogP contribution in [0.4, 0.5) is 11.4 Å². The summed E-state index contributed by atoms with van der Waals surface area (Å²) < 4.78 is 0. The Morgan fingerprint density at radius 2 is 1.77 bits per heavy atom. The minimum atomic E-state index is -0.241. The average molecular weight is 294 g/mol. The van der Waals surface area contributed by atoms with Crippen molar-refractivity contribution in [3.8, 4) is 0 Å². The smallest absolute Gasteiger partial charge is 0.248 e. The maximum Gasteiger partial charge on any atom is 0.248 e. The molecule has 0 saturated heterocycles. The second-order valence-corrected chi connectivity index (χ2v) is 5.07. The van der Waals surface area contributed by atoms with Crippen LogP contribution in [0, 0.1) is 6.92 Å². The second-order valence-electron chi connectivity index (χ2n) is 5.07. The van der Waals surface area contributed by atoms with Crippen LogP contribution in [0.25, 0.3) is 6.08 Å². The Hall–Kier alpha value is -2.88. The number of hydrogen-bond donors (Lipinski definition) is 2. The molecule has 2 aromatic rings. The Morgan fingerprint density at radius 3 is 2.36 bits per heavy atom. The van der Waals surface area contributed by atoms with E-state index in [4.69, 9.17) is 5.73 Å². The largest absolute Gasteiger partial charge is 0.398 e. The molecule has 0 fully saturated rings. The summed E-state index contributed by atoms with van der Waals surface area (Å²) in [4.78, 5) is 23.0. The lowest BCUT2D eigenvalue weighted by Crippen LogP contribution is -2.07. The lowest BCUT2D eigenvalue weighted by Gasteiger charge is -2.03. The van der Waals surface area contributed by atoms with Crippen molar-refractivity contribution < 1.29 is 9.59 Å². The van der Waals surface area contributed by atoms with E-state index < -0.39 is 0 Å². The van der Waals surface area contributed by atoms with Gasteiger partial charge >= 0.3 is 0 Å². The van der Waals surface area contributed by atoms with Crippen LogP contribution in [0.5, 0.6) is 0 Å². The number of carbonyl (C=O) groups excluding carboxylic acids is 2. The Bertz CT molecular complexity index is 731. The molecule has 0 bridgehead atoms. The SMILES string of the molecule is CC(=O)c1ccc(NC(=O)/C=C/c2ccc(C)c(N)c2)cc1. The van der Waals surface area contributed by atoms with E-state index >= 15 is 0 Å². The van der Waals surface area contributed by atoms with Crippen molar-refractivity contribution in [1.82, 2.24) is 0 Å². The molecule has 0 heterocycles. The van der Waals surface area contributed by atoms with Gasteiger partial charge in [-0.2, -0.15) is 0 Å². The maximum absolute atomic E-state index is 11.9. The maximum atomic E-state index is 11.9. The zero-order chi connectivity index (χ0) is 16.1. The van der Waals surface area contributed by atoms with E-state index in [9.17, 15) is 9.59 Å². The second kappa shape index (κ2) is 6.72. The van der Waals surface area contributed by atoms with Gasteiger partial charge in [-0.25, -0.2) is 0 Å². The summed E-state index contributed by atoms with van der Waals surface area (Å²) >= 11 is 0. The van der Waals surface area contributed by atoms with Crippen molar-refractivity contribution in [2.24, 2.45) is 0 Å². The summed E-state index contributed by atoms with van der Waals surface area (Å²) in [6.07, 6.45) is 3.15. The number of Topliss-reactive ketones (excluding diaryl/α,β-unsaturated/α-hetero) is 1. The summed E-state index contributed by atoms with van der Waals surface area (Å²) in [5, 5.41) is 2.74. The van der Waals surface area contributed by atoms with Crippen LogP contribution < -0.4 is 11.1 Å². The van der Waals surface area contributed by atoms with Crippen LogP contribution in [0.3, 0.4) is 0 Å². The molecule has 2 rings (SSSR count). The lowest BCUT2D eigenvalue weighted by molar-refractivity contribution is -0.111. The molecule has 0 saturated carbocycles. The number of amides is 1. The molecule has 0 unspecified atom stereocenters. The zero-order valence-corrected chi connectivity index (χ0v) is 12.6. The third-order valence-electron chi connectivity index (χ3n) is 3.29. The van der Waals surface area contributed by atoms with Gasteiger partial charge in [0, 0.05) is 23.0 Å². The monoisotopic (exact) mass is 294 g/mol. The van der Waals surface area contributed by atoms with Crippen molar-refractivity contribution in [2.75, 3.05) is 11.1 Å². The van der Waals surface area contributed by atoms with Crippen molar-refractivity contribution in [2.45, 2.75) is 13.8 Å². The fourth-order valence-corrected chi connectivity index (χ4v) is 1.91. The topological polar surface area (TPSA) is 72.2 Å². The van der Waals surface area contributed by atoms with Gasteiger partial charge in [-0.1, -0.05) is 12.1 Å². The summed E-state index contributed by atoms with van der Waals surface area (Å²) in [6.45, 7) is 3.43. The number of aryl methyl sites for hydroxylation is 1. The first-order chi connectivity index (χ1) is 10.5. The van der Waals surface area contributed by atoms with Crippen molar-refractivity contribution in [3.05, 3.63) is 65.2 Å². The summed E-state index contributed by atoms with van der Waals surface area (Å²) in [7, 11) is 0. The number of hydrogen-bond acceptors (Lipinski definition) is 3. The fraction of sp³-hybridized carbons (Fsp3) is 0.111. The van der Waals surface area contributed by atoms with E-state index in [1.165, 1.54) is 13.0 Å². The Morgan fingerprint density at radius 1 is 1.09 bits per heavy atom. The van der Waals surface area contributed by atoms with Crippen LogP contribution in [-0.2, 0) is 4.79 Å². The van der Waals surface area contributed by atoms with E-state index in [0.717, 1.165) is 11.1 Å². The van der Waals surface area contributed by atoms with Gasteiger partial charge in [0.25, 0.3) is 0 Å². The van der Waals surface area contributed by atoms with Crippen LogP contribution in [0.2, 0.25) is 0 Å². The molecule has 22 heavy (non-hydrogen) atoms. The molecule has 3 N–H and O–H groups in total. The molecule has 0 aliphatic carbocycles. The number of benzene rings is 2. The first-order valence-corrected chi connectivity index (χ1v) is 6.92. The molecule has 4 heteroatoms.